The van der Waals surface area contributed by atoms with Crippen LogP contribution >= 0.6 is 0 Å². The summed E-state index contributed by atoms with van der Waals surface area (Å²) in [5.74, 6) is 0.836. The molecule has 1 atom stereocenters. The van der Waals surface area contributed by atoms with Crippen molar-refractivity contribution in [2.24, 2.45) is 5.92 Å². The van der Waals surface area contributed by atoms with Gasteiger partial charge in [0, 0.05) is 6.04 Å². The molecule has 0 saturated heterocycles. The molecule has 0 heterocycles. The number of hydrogen-bond acceptors (Lipinski definition) is 3. The van der Waals surface area contributed by atoms with Crippen molar-refractivity contribution in [3.63, 3.8) is 0 Å². The van der Waals surface area contributed by atoms with E-state index in [0.29, 0.717) is 17.4 Å². The second-order valence-corrected chi connectivity index (χ2v) is 5.11. The van der Waals surface area contributed by atoms with Crippen LogP contribution in [0.25, 0.3) is 0 Å². The van der Waals surface area contributed by atoms with Crippen LogP contribution in [0, 0.1) is 5.92 Å². The monoisotopic (exact) mass is 264 g/mol. The normalized spacial score (nSPS) is 12.3. The number of benzene rings is 1. The molecule has 4 heteroatoms. The first kappa shape index (κ1) is 15.3. The maximum atomic E-state index is 11.7. The summed E-state index contributed by atoms with van der Waals surface area (Å²) in [6, 6.07) is 5.79. The van der Waals surface area contributed by atoms with Gasteiger partial charge in [0.05, 0.1) is 5.69 Å². The summed E-state index contributed by atoms with van der Waals surface area (Å²) >= 11 is 0. The SMILES string of the molecule is CCc1ccc(OCC(=O)NC(C)C(C)C)c(N)c1. The van der Waals surface area contributed by atoms with Crippen molar-refractivity contribution in [1.29, 1.82) is 0 Å². The van der Waals surface area contributed by atoms with Gasteiger partial charge in [-0.2, -0.15) is 0 Å². The Morgan fingerprint density at radius 1 is 1.37 bits per heavy atom. The number of aryl methyl sites for hydroxylation is 1. The van der Waals surface area contributed by atoms with Crippen LogP contribution in [-0.4, -0.2) is 18.6 Å². The molecule has 19 heavy (non-hydrogen) atoms. The topological polar surface area (TPSA) is 64.3 Å². The van der Waals surface area contributed by atoms with Crippen molar-refractivity contribution < 1.29 is 9.53 Å². The van der Waals surface area contributed by atoms with Crippen molar-refractivity contribution in [2.75, 3.05) is 12.3 Å². The zero-order valence-electron chi connectivity index (χ0n) is 12.2. The Hall–Kier alpha value is -1.71. The third kappa shape index (κ3) is 4.81. The predicted molar refractivity (Wildman–Crippen MR) is 78.2 cm³/mol. The number of ether oxygens (including phenoxy) is 1. The molecule has 0 aliphatic heterocycles. The minimum Gasteiger partial charge on any atom is -0.482 e. The van der Waals surface area contributed by atoms with Crippen LogP contribution in [-0.2, 0) is 11.2 Å². The molecule has 0 bridgehead atoms. The van der Waals surface area contributed by atoms with Gasteiger partial charge in [-0.25, -0.2) is 0 Å². The van der Waals surface area contributed by atoms with E-state index in [1.807, 2.05) is 25.1 Å². The van der Waals surface area contributed by atoms with Crippen LogP contribution in [0.4, 0.5) is 5.69 Å². The zero-order valence-corrected chi connectivity index (χ0v) is 12.2. The summed E-state index contributed by atoms with van der Waals surface area (Å²) in [5, 5.41) is 2.89. The minimum absolute atomic E-state index is 0.00721. The molecule has 4 nitrogen and oxygen atoms in total. The molecule has 1 aromatic rings. The average molecular weight is 264 g/mol. The van der Waals surface area contributed by atoms with Crippen molar-refractivity contribution in [3.8, 4) is 5.75 Å². The number of hydrogen-bond donors (Lipinski definition) is 2. The first-order valence-corrected chi connectivity index (χ1v) is 6.74. The van der Waals surface area contributed by atoms with E-state index in [9.17, 15) is 4.79 Å². The summed E-state index contributed by atoms with van der Waals surface area (Å²) < 4.78 is 5.44. The minimum atomic E-state index is -0.125. The van der Waals surface area contributed by atoms with Crippen LogP contribution in [0.5, 0.6) is 5.75 Å². The highest BCUT2D eigenvalue weighted by molar-refractivity contribution is 5.78. The Morgan fingerprint density at radius 2 is 2.05 bits per heavy atom. The van der Waals surface area contributed by atoms with E-state index in [-0.39, 0.29) is 18.6 Å². The Morgan fingerprint density at radius 3 is 2.58 bits per heavy atom. The molecule has 0 aliphatic rings. The maximum absolute atomic E-state index is 11.7. The van der Waals surface area contributed by atoms with Gasteiger partial charge in [0.25, 0.3) is 5.91 Å². The lowest BCUT2D eigenvalue weighted by atomic mass is 10.1. The van der Waals surface area contributed by atoms with Crippen LogP contribution in [0.3, 0.4) is 0 Å². The van der Waals surface area contributed by atoms with Crippen molar-refractivity contribution >= 4 is 11.6 Å². The number of nitrogens with two attached hydrogens (primary N) is 1. The number of nitrogen functional groups attached to an aromatic ring is 1. The van der Waals surface area contributed by atoms with Crippen LogP contribution in [0.1, 0.15) is 33.3 Å². The standard InChI is InChI=1S/C15H24N2O2/c1-5-12-6-7-14(13(16)8-12)19-9-15(18)17-11(4)10(2)3/h6-8,10-11H,5,9,16H2,1-4H3,(H,17,18). The molecule has 1 rings (SSSR count). The number of carbonyl (C=O) groups is 1. The first-order valence-electron chi connectivity index (χ1n) is 6.74. The summed E-state index contributed by atoms with van der Waals surface area (Å²) in [4.78, 5) is 11.7. The van der Waals surface area contributed by atoms with E-state index in [2.05, 4.69) is 26.1 Å². The van der Waals surface area contributed by atoms with Gasteiger partial charge in [-0.15, -0.1) is 0 Å². The first-order chi connectivity index (χ1) is 8.93. The van der Waals surface area contributed by atoms with E-state index >= 15 is 0 Å². The lowest BCUT2D eigenvalue weighted by Crippen LogP contribution is -2.39. The summed E-state index contributed by atoms with van der Waals surface area (Å²) in [6.45, 7) is 8.16. The molecule has 1 unspecified atom stereocenters. The second-order valence-electron chi connectivity index (χ2n) is 5.11. The lowest BCUT2D eigenvalue weighted by molar-refractivity contribution is -0.123. The number of rotatable bonds is 6. The molecule has 0 fully saturated rings. The number of carbonyl (C=O) groups excluding carboxylic acids is 1. The third-order valence-corrected chi connectivity index (χ3v) is 3.23. The fourth-order valence-corrected chi connectivity index (χ4v) is 1.55. The smallest absolute Gasteiger partial charge is 0.258 e. The molecule has 1 aromatic carbocycles. The number of nitrogens with one attached hydrogen (secondary N) is 1. The highest BCUT2D eigenvalue weighted by Crippen LogP contribution is 2.22. The largest absolute Gasteiger partial charge is 0.482 e. The predicted octanol–water partition coefficient (Wildman–Crippen LogP) is 2.37. The van der Waals surface area contributed by atoms with Gasteiger partial charge in [0.15, 0.2) is 6.61 Å². The summed E-state index contributed by atoms with van der Waals surface area (Å²) in [5.41, 5.74) is 7.60. The van der Waals surface area contributed by atoms with Crippen LogP contribution < -0.4 is 15.8 Å². The molecular formula is C15H24N2O2. The Kier molecular flexibility index (Phi) is 5.67. The highest BCUT2D eigenvalue weighted by atomic mass is 16.5. The fourth-order valence-electron chi connectivity index (χ4n) is 1.55. The van der Waals surface area contributed by atoms with Gasteiger partial charge >= 0.3 is 0 Å². The van der Waals surface area contributed by atoms with Gasteiger partial charge in [-0.3, -0.25) is 4.79 Å². The van der Waals surface area contributed by atoms with Crippen molar-refractivity contribution in [3.05, 3.63) is 23.8 Å². The molecule has 1 amide bonds. The average Bonchev–Trinajstić information content (AvgIpc) is 2.36. The maximum Gasteiger partial charge on any atom is 0.258 e. The highest BCUT2D eigenvalue weighted by Gasteiger charge is 2.11. The van der Waals surface area contributed by atoms with Crippen molar-refractivity contribution in [1.82, 2.24) is 5.32 Å². The molecular weight excluding hydrogens is 240 g/mol. The van der Waals surface area contributed by atoms with Gasteiger partial charge in [0.2, 0.25) is 0 Å². The number of amides is 1. The van der Waals surface area contributed by atoms with E-state index in [4.69, 9.17) is 10.5 Å². The van der Waals surface area contributed by atoms with Crippen LogP contribution in [0.15, 0.2) is 18.2 Å². The van der Waals surface area contributed by atoms with E-state index in [1.54, 1.807) is 0 Å². The van der Waals surface area contributed by atoms with Gasteiger partial charge in [-0.05, 0) is 37.0 Å². The molecule has 0 spiro atoms. The van der Waals surface area contributed by atoms with E-state index < -0.39 is 0 Å². The molecule has 106 valence electrons. The van der Waals surface area contributed by atoms with Gasteiger partial charge < -0.3 is 15.8 Å². The third-order valence-electron chi connectivity index (χ3n) is 3.23. The molecule has 3 N–H and O–H groups in total. The van der Waals surface area contributed by atoms with Crippen LogP contribution in [0.2, 0.25) is 0 Å². The van der Waals surface area contributed by atoms with E-state index in [1.165, 1.54) is 0 Å². The fraction of sp³-hybridized carbons (Fsp3) is 0.533. The Balaban J connectivity index is 2.50. The summed E-state index contributed by atoms with van der Waals surface area (Å²) in [7, 11) is 0. The molecule has 0 aromatic heterocycles. The molecule has 0 saturated carbocycles. The molecule has 0 aliphatic carbocycles. The number of anilines is 1. The Labute approximate surface area is 115 Å². The summed E-state index contributed by atoms with van der Waals surface area (Å²) in [6.07, 6.45) is 0.927. The zero-order chi connectivity index (χ0) is 14.4. The molecule has 0 radical (unpaired) electrons. The Bertz CT molecular complexity index is 430. The van der Waals surface area contributed by atoms with Gasteiger partial charge in [0.1, 0.15) is 5.75 Å². The van der Waals surface area contributed by atoms with Crippen molar-refractivity contribution in [2.45, 2.75) is 40.2 Å². The van der Waals surface area contributed by atoms with E-state index in [0.717, 1.165) is 12.0 Å². The lowest BCUT2D eigenvalue weighted by Gasteiger charge is -2.17. The van der Waals surface area contributed by atoms with Gasteiger partial charge in [-0.1, -0.05) is 26.8 Å². The second kappa shape index (κ2) is 7.02. The quantitative estimate of drug-likeness (QED) is 0.775.